The molecule has 0 fully saturated rings. The maximum atomic E-state index is 12.8. The van der Waals surface area contributed by atoms with Crippen LogP contribution in [0.15, 0.2) is 45.2 Å². The molecule has 0 saturated heterocycles. The molecule has 0 amide bonds. The van der Waals surface area contributed by atoms with Crippen molar-refractivity contribution in [1.82, 2.24) is 9.55 Å². The molecule has 0 unspecified atom stereocenters. The molecule has 0 bridgehead atoms. The summed E-state index contributed by atoms with van der Waals surface area (Å²) in [5.41, 5.74) is 1.53. The first-order valence-electron chi connectivity index (χ1n) is 7.33. The molecule has 5 nitrogen and oxygen atoms in total. The maximum Gasteiger partial charge on any atom is 0.316 e. The van der Waals surface area contributed by atoms with Crippen LogP contribution in [0.25, 0.3) is 5.69 Å². The fraction of sp³-hybridized carbons (Fsp3) is 0.312. The van der Waals surface area contributed by atoms with Crippen molar-refractivity contribution < 1.29 is 9.53 Å². The Hall–Kier alpha value is -1.73. The van der Waals surface area contributed by atoms with Gasteiger partial charge in [-0.2, -0.15) is 0 Å². The minimum absolute atomic E-state index is 0.0601. The van der Waals surface area contributed by atoms with Crippen LogP contribution in [-0.2, 0) is 16.0 Å². The molecule has 1 aromatic carbocycles. The summed E-state index contributed by atoms with van der Waals surface area (Å²) in [4.78, 5) is 29.8. The predicted octanol–water partition coefficient (Wildman–Crippen LogP) is 2.54. The highest BCUT2D eigenvalue weighted by atomic mass is 32.2. The number of aromatic nitrogens is 2. The summed E-state index contributed by atoms with van der Waals surface area (Å²) in [7, 11) is 0. The quantitative estimate of drug-likeness (QED) is 0.470. The van der Waals surface area contributed by atoms with Gasteiger partial charge in [-0.15, -0.1) is 11.8 Å². The average Bonchev–Trinajstić information content (AvgIpc) is 3.03. The minimum Gasteiger partial charge on any atom is -0.465 e. The van der Waals surface area contributed by atoms with Crippen molar-refractivity contribution in [2.45, 2.75) is 23.4 Å². The van der Waals surface area contributed by atoms with Crippen LogP contribution in [0.5, 0.6) is 0 Å². The summed E-state index contributed by atoms with van der Waals surface area (Å²) in [5.74, 6) is 0.707. The molecule has 0 saturated carbocycles. The third-order valence-electron chi connectivity index (χ3n) is 3.31. The van der Waals surface area contributed by atoms with E-state index >= 15 is 0 Å². The van der Waals surface area contributed by atoms with E-state index in [9.17, 15) is 9.59 Å². The summed E-state index contributed by atoms with van der Waals surface area (Å²) >= 11 is 2.79. The van der Waals surface area contributed by atoms with Crippen LogP contribution < -0.4 is 5.56 Å². The Morgan fingerprint density at radius 3 is 2.91 bits per heavy atom. The third kappa shape index (κ3) is 3.45. The summed E-state index contributed by atoms with van der Waals surface area (Å²) < 4.78 is 6.54. The number of carbonyl (C=O) groups is 1. The van der Waals surface area contributed by atoms with Crippen molar-refractivity contribution in [3.63, 3.8) is 0 Å². The van der Waals surface area contributed by atoms with Gasteiger partial charge in [0.25, 0.3) is 5.56 Å². The fourth-order valence-electron chi connectivity index (χ4n) is 2.32. The molecule has 0 radical (unpaired) electrons. The molecule has 7 heteroatoms. The number of fused-ring (bicyclic) bond motifs is 1. The lowest BCUT2D eigenvalue weighted by Gasteiger charge is -2.13. The molecule has 120 valence electrons. The van der Waals surface area contributed by atoms with Crippen LogP contribution >= 0.6 is 23.5 Å². The van der Waals surface area contributed by atoms with Gasteiger partial charge in [-0.25, -0.2) is 4.98 Å². The highest BCUT2D eigenvalue weighted by molar-refractivity contribution is 8.00. The number of hydrogen-bond donors (Lipinski definition) is 0. The summed E-state index contributed by atoms with van der Waals surface area (Å²) in [5, 5.41) is 0.538. The van der Waals surface area contributed by atoms with Crippen LogP contribution in [0.2, 0.25) is 0 Å². The van der Waals surface area contributed by atoms with Crippen molar-refractivity contribution in [3.05, 3.63) is 46.4 Å². The largest absolute Gasteiger partial charge is 0.465 e. The van der Waals surface area contributed by atoms with E-state index in [1.807, 2.05) is 30.3 Å². The number of carbonyl (C=O) groups excluding carboxylic acids is 1. The van der Waals surface area contributed by atoms with Gasteiger partial charge in [0.2, 0.25) is 0 Å². The van der Waals surface area contributed by atoms with Gasteiger partial charge in [0.05, 0.1) is 28.6 Å². The summed E-state index contributed by atoms with van der Waals surface area (Å²) in [6.45, 7) is 2.12. The first kappa shape index (κ1) is 16.1. The smallest absolute Gasteiger partial charge is 0.316 e. The summed E-state index contributed by atoms with van der Waals surface area (Å²) in [6, 6.07) is 9.38. The van der Waals surface area contributed by atoms with Crippen molar-refractivity contribution in [2.24, 2.45) is 0 Å². The summed E-state index contributed by atoms with van der Waals surface area (Å²) in [6.07, 6.45) is 0.790. The number of aryl methyl sites for hydroxylation is 1. The van der Waals surface area contributed by atoms with Gasteiger partial charge in [-0.05, 0) is 19.1 Å². The van der Waals surface area contributed by atoms with E-state index in [-0.39, 0.29) is 17.3 Å². The first-order chi connectivity index (χ1) is 11.2. The SMILES string of the molecule is CCOC(=O)CSc1nc2c(c(=O)n1-c1ccccc1)SCC2. The Morgan fingerprint density at radius 2 is 2.17 bits per heavy atom. The predicted molar refractivity (Wildman–Crippen MR) is 91.6 cm³/mol. The molecule has 0 N–H and O–H groups in total. The van der Waals surface area contributed by atoms with Crippen LogP contribution in [0, 0.1) is 0 Å². The molecule has 1 aromatic heterocycles. The lowest BCUT2D eigenvalue weighted by atomic mass is 10.3. The normalized spacial score (nSPS) is 12.9. The molecule has 23 heavy (non-hydrogen) atoms. The molecular weight excluding hydrogens is 332 g/mol. The Balaban J connectivity index is 2.02. The molecule has 2 aromatic rings. The number of rotatable bonds is 5. The second-order valence-corrected chi connectivity index (χ2v) is 6.89. The zero-order valence-electron chi connectivity index (χ0n) is 12.7. The standard InChI is InChI=1S/C16H16N2O3S2/c1-2-21-13(19)10-23-16-17-12-8-9-22-14(12)15(20)18(16)11-6-4-3-5-7-11/h3-7H,2,8-10H2,1H3. The van der Waals surface area contributed by atoms with Crippen LogP contribution in [0.3, 0.4) is 0 Å². The van der Waals surface area contributed by atoms with Gasteiger partial charge in [0.15, 0.2) is 5.16 Å². The van der Waals surface area contributed by atoms with E-state index in [2.05, 4.69) is 4.98 Å². The Morgan fingerprint density at radius 1 is 1.39 bits per heavy atom. The fourth-order valence-corrected chi connectivity index (χ4v) is 4.17. The van der Waals surface area contributed by atoms with Gasteiger partial charge < -0.3 is 4.74 Å². The Bertz CT molecular complexity index is 775. The van der Waals surface area contributed by atoms with Gasteiger partial charge in [-0.1, -0.05) is 30.0 Å². The first-order valence-corrected chi connectivity index (χ1v) is 9.30. The number of ether oxygens (including phenoxy) is 1. The van der Waals surface area contributed by atoms with Crippen LogP contribution in [0.1, 0.15) is 12.6 Å². The molecule has 3 rings (SSSR count). The number of hydrogen-bond acceptors (Lipinski definition) is 6. The van der Waals surface area contributed by atoms with Gasteiger partial charge >= 0.3 is 5.97 Å². The van der Waals surface area contributed by atoms with Crippen molar-refractivity contribution in [1.29, 1.82) is 0 Å². The molecule has 1 aliphatic heterocycles. The molecule has 0 aliphatic carbocycles. The maximum absolute atomic E-state index is 12.8. The van der Waals surface area contributed by atoms with E-state index in [4.69, 9.17) is 4.74 Å². The Labute approximate surface area is 142 Å². The zero-order chi connectivity index (χ0) is 16.2. The third-order valence-corrected chi connectivity index (χ3v) is 5.32. The lowest BCUT2D eigenvalue weighted by molar-refractivity contribution is -0.139. The molecule has 1 aliphatic rings. The van der Waals surface area contributed by atoms with Gasteiger partial charge in [0, 0.05) is 12.2 Å². The van der Waals surface area contributed by atoms with Crippen molar-refractivity contribution in [2.75, 3.05) is 18.1 Å². The van der Waals surface area contributed by atoms with E-state index in [0.29, 0.717) is 16.7 Å². The topological polar surface area (TPSA) is 61.2 Å². The molecule has 2 heterocycles. The monoisotopic (exact) mass is 348 g/mol. The molecule has 0 spiro atoms. The number of thioether (sulfide) groups is 2. The van der Waals surface area contributed by atoms with Gasteiger partial charge in [-0.3, -0.25) is 14.2 Å². The van der Waals surface area contributed by atoms with Crippen molar-refractivity contribution in [3.8, 4) is 5.69 Å². The van der Waals surface area contributed by atoms with Crippen molar-refractivity contribution >= 4 is 29.5 Å². The Kier molecular flexibility index (Phi) is 5.07. The number of esters is 1. The molecule has 0 atom stereocenters. The van der Waals surface area contributed by atoms with E-state index in [1.165, 1.54) is 11.8 Å². The molecular formula is C16H16N2O3S2. The van der Waals surface area contributed by atoms with Gasteiger partial charge in [0.1, 0.15) is 0 Å². The number of para-hydroxylation sites is 1. The highest BCUT2D eigenvalue weighted by Crippen LogP contribution is 2.29. The number of benzene rings is 1. The highest BCUT2D eigenvalue weighted by Gasteiger charge is 2.22. The lowest BCUT2D eigenvalue weighted by Crippen LogP contribution is -2.24. The van der Waals surface area contributed by atoms with E-state index < -0.39 is 0 Å². The number of nitrogens with zero attached hydrogens (tertiary/aromatic N) is 2. The van der Waals surface area contributed by atoms with Crippen LogP contribution in [-0.4, -0.2) is 33.6 Å². The second kappa shape index (κ2) is 7.23. The average molecular weight is 348 g/mol. The second-order valence-electron chi connectivity index (χ2n) is 4.84. The van der Waals surface area contributed by atoms with E-state index in [1.54, 1.807) is 23.3 Å². The zero-order valence-corrected chi connectivity index (χ0v) is 14.3. The minimum atomic E-state index is -0.304. The van der Waals surface area contributed by atoms with Crippen LogP contribution in [0.4, 0.5) is 0 Å². The van der Waals surface area contributed by atoms with E-state index in [0.717, 1.165) is 23.6 Å².